The van der Waals surface area contributed by atoms with Gasteiger partial charge in [0.1, 0.15) is 10.7 Å². The number of likely N-dealkylation sites (N-methyl/N-ethyl adjacent to an activating group) is 1. The first-order valence-electron chi connectivity index (χ1n) is 7.44. The summed E-state index contributed by atoms with van der Waals surface area (Å²) in [6.07, 6.45) is 4.06. The van der Waals surface area contributed by atoms with Crippen molar-refractivity contribution in [3.8, 4) is 0 Å². The summed E-state index contributed by atoms with van der Waals surface area (Å²) >= 11 is 1.67. The van der Waals surface area contributed by atoms with Gasteiger partial charge in [-0.1, -0.05) is 0 Å². The number of fused-ring (bicyclic) bond motifs is 3. The van der Waals surface area contributed by atoms with Gasteiger partial charge in [-0.05, 0) is 45.2 Å². The summed E-state index contributed by atoms with van der Waals surface area (Å²) in [5, 5.41) is 10.2. The Morgan fingerprint density at radius 1 is 1.43 bits per heavy atom. The summed E-state index contributed by atoms with van der Waals surface area (Å²) in [5.41, 5.74) is 1.21. The molecule has 0 radical (unpaired) electrons. The van der Waals surface area contributed by atoms with E-state index >= 15 is 0 Å². The largest absolute Gasteiger partial charge is 0.392 e. The van der Waals surface area contributed by atoms with Crippen LogP contribution in [0.25, 0.3) is 10.2 Å². The highest BCUT2D eigenvalue weighted by Crippen LogP contribution is 2.33. The second kappa shape index (κ2) is 5.87. The molecular formula is C15H21N3O2S. The molecular weight excluding hydrogens is 286 g/mol. The van der Waals surface area contributed by atoms with Crippen LogP contribution >= 0.6 is 11.3 Å². The molecule has 21 heavy (non-hydrogen) atoms. The van der Waals surface area contributed by atoms with E-state index < -0.39 is 0 Å². The zero-order valence-electron chi connectivity index (χ0n) is 12.5. The van der Waals surface area contributed by atoms with Gasteiger partial charge in [-0.2, -0.15) is 0 Å². The topological polar surface area (TPSA) is 69.2 Å². The molecule has 0 bridgehead atoms. The minimum atomic E-state index is -0.389. The Bertz CT molecular complexity index is 705. The molecule has 0 amide bonds. The zero-order valence-corrected chi connectivity index (χ0v) is 13.3. The van der Waals surface area contributed by atoms with E-state index in [9.17, 15) is 9.90 Å². The average molecular weight is 307 g/mol. The standard InChI is InChI=1S/C15H21N3O2S/c1-9(19)7-18(2)8-12-16-14(20)13-10-5-3-4-6-11(10)21-15(13)17-12/h9,19H,3-8H2,1-2H3,(H,16,17,20). The van der Waals surface area contributed by atoms with Crippen LogP contribution in [-0.4, -0.2) is 39.7 Å². The number of hydrogen-bond acceptors (Lipinski definition) is 5. The van der Waals surface area contributed by atoms with E-state index in [1.807, 2.05) is 11.9 Å². The number of thiophene rings is 1. The Hall–Kier alpha value is -1.24. The zero-order chi connectivity index (χ0) is 15.0. The smallest absolute Gasteiger partial charge is 0.259 e. The first kappa shape index (κ1) is 14.7. The third-order valence-electron chi connectivity index (χ3n) is 3.87. The van der Waals surface area contributed by atoms with Gasteiger partial charge in [0.05, 0.1) is 18.0 Å². The first-order chi connectivity index (χ1) is 10.0. The normalized spacial score (nSPS) is 16.4. The van der Waals surface area contributed by atoms with E-state index in [1.54, 1.807) is 18.3 Å². The van der Waals surface area contributed by atoms with Crippen molar-refractivity contribution >= 4 is 21.6 Å². The molecule has 6 heteroatoms. The average Bonchev–Trinajstić information content (AvgIpc) is 2.75. The molecule has 0 spiro atoms. The molecule has 1 aliphatic carbocycles. The van der Waals surface area contributed by atoms with Crippen molar-refractivity contribution in [1.29, 1.82) is 0 Å². The summed E-state index contributed by atoms with van der Waals surface area (Å²) in [5.74, 6) is 0.675. The SMILES string of the molecule is CC(O)CN(C)Cc1nc2sc3c(c2c(=O)[nH]1)CCCC3. The van der Waals surface area contributed by atoms with Gasteiger partial charge in [0.25, 0.3) is 5.56 Å². The van der Waals surface area contributed by atoms with Crippen LogP contribution in [-0.2, 0) is 19.4 Å². The molecule has 3 rings (SSSR count). The Balaban J connectivity index is 1.94. The lowest BCUT2D eigenvalue weighted by molar-refractivity contribution is 0.137. The van der Waals surface area contributed by atoms with Gasteiger partial charge in [-0.3, -0.25) is 9.69 Å². The van der Waals surface area contributed by atoms with Gasteiger partial charge in [0.2, 0.25) is 0 Å². The molecule has 0 aromatic carbocycles. The van der Waals surface area contributed by atoms with E-state index in [2.05, 4.69) is 9.97 Å². The molecule has 0 fully saturated rings. The van der Waals surface area contributed by atoms with E-state index in [0.29, 0.717) is 18.9 Å². The number of aromatic amines is 1. The number of aliphatic hydroxyl groups excluding tert-OH is 1. The van der Waals surface area contributed by atoms with Crippen LogP contribution in [0.4, 0.5) is 0 Å². The van der Waals surface area contributed by atoms with Crippen LogP contribution in [0.3, 0.4) is 0 Å². The Morgan fingerprint density at radius 2 is 2.19 bits per heavy atom. The first-order valence-corrected chi connectivity index (χ1v) is 8.26. The molecule has 0 aliphatic heterocycles. The highest BCUT2D eigenvalue weighted by Gasteiger charge is 2.20. The molecule has 2 N–H and O–H groups in total. The van der Waals surface area contributed by atoms with E-state index in [4.69, 9.17) is 0 Å². The van der Waals surface area contributed by atoms with Crippen molar-refractivity contribution in [2.45, 2.75) is 45.3 Å². The summed E-state index contributed by atoms with van der Waals surface area (Å²) in [4.78, 5) is 24.1. The summed E-state index contributed by atoms with van der Waals surface area (Å²) < 4.78 is 0. The minimum Gasteiger partial charge on any atom is -0.392 e. The van der Waals surface area contributed by atoms with Crippen LogP contribution in [0.5, 0.6) is 0 Å². The predicted molar refractivity (Wildman–Crippen MR) is 84.9 cm³/mol. The Labute approximate surface area is 127 Å². The predicted octanol–water partition coefficient (Wildman–Crippen LogP) is 1.68. The molecule has 2 aromatic rings. The summed E-state index contributed by atoms with van der Waals surface area (Å²) in [6, 6.07) is 0. The molecule has 0 saturated heterocycles. The molecule has 2 aromatic heterocycles. The van der Waals surface area contributed by atoms with Gasteiger partial charge >= 0.3 is 0 Å². The van der Waals surface area contributed by atoms with Gasteiger partial charge in [-0.25, -0.2) is 4.98 Å². The molecule has 0 saturated carbocycles. The number of rotatable bonds is 4. The second-order valence-electron chi connectivity index (χ2n) is 5.95. The molecule has 114 valence electrons. The number of H-pyrrole nitrogens is 1. The van der Waals surface area contributed by atoms with E-state index in [-0.39, 0.29) is 11.7 Å². The van der Waals surface area contributed by atoms with Crippen molar-refractivity contribution in [3.05, 3.63) is 26.6 Å². The summed E-state index contributed by atoms with van der Waals surface area (Å²) in [7, 11) is 1.91. The lowest BCUT2D eigenvalue weighted by Crippen LogP contribution is -2.28. The monoisotopic (exact) mass is 307 g/mol. The van der Waals surface area contributed by atoms with Gasteiger partial charge in [0, 0.05) is 11.4 Å². The highest BCUT2D eigenvalue weighted by atomic mass is 32.1. The van der Waals surface area contributed by atoms with Crippen molar-refractivity contribution < 1.29 is 5.11 Å². The van der Waals surface area contributed by atoms with Crippen molar-refractivity contribution in [2.24, 2.45) is 0 Å². The highest BCUT2D eigenvalue weighted by molar-refractivity contribution is 7.18. The quantitative estimate of drug-likeness (QED) is 0.901. The van der Waals surface area contributed by atoms with E-state index in [1.165, 1.54) is 16.9 Å². The fourth-order valence-corrected chi connectivity index (χ4v) is 4.34. The minimum absolute atomic E-state index is 0.0140. The number of nitrogens with one attached hydrogen (secondary N) is 1. The van der Waals surface area contributed by atoms with Crippen molar-refractivity contribution in [1.82, 2.24) is 14.9 Å². The van der Waals surface area contributed by atoms with E-state index in [0.717, 1.165) is 29.5 Å². The fourth-order valence-electron chi connectivity index (χ4n) is 3.05. The maximum Gasteiger partial charge on any atom is 0.259 e. The van der Waals surface area contributed by atoms with Crippen molar-refractivity contribution in [2.75, 3.05) is 13.6 Å². The number of hydrogen-bond donors (Lipinski definition) is 2. The molecule has 1 atom stereocenters. The second-order valence-corrected chi connectivity index (χ2v) is 7.03. The maximum atomic E-state index is 12.4. The van der Waals surface area contributed by atoms with Crippen molar-refractivity contribution in [3.63, 3.8) is 0 Å². The summed E-state index contributed by atoms with van der Waals surface area (Å²) in [6.45, 7) is 2.85. The van der Waals surface area contributed by atoms with Crippen LogP contribution in [0.1, 0.15) is 36.0 Å². The number of aryl methyl sites for hydroxylation is 2. The molecule has 2 heterocycles. The maximum absolute atomic E-state index is 12.4. The Kier molecular flexibility index (Phi) is 4.10. The third-order valence-corrected chi connectivity index (χ3v) is 5.06. The molecule has 5 nitrogen and oxygen atoms in total. The van der Waals surface area contributed by atoms with Crippen LogP contribution in [0.15, 0.2) is 4.79 Å². The lowest BCUT2D eigenvalue weighted by atomic mass is 9.97. The number of aliphatic hydroxyl groups is 1. The third kappa shape index (κ3) is 3.02. The van der Waals surface area contributed by atoms with Crippen LogP contribution in [0, 0.1) is 0 Å². The van der Waals surface area contributed by atoms with Gasteiger partial charge in [-0.15, -0.1) is 11.3 Å². The van der Waals surface area contributed by atoms with Gasteiger partial charge in [0.15, 0.2) is 0 Å². The van der Waals surface area contributed by atoms with Crippen LogP contribution in [0.2, 0.25) is 0 Å². The van der Waals surface area contributed by atoms with Crippen LogP contribution < -0.4 is 5.56 Å². The lowest BCUT2D eigenvalue weighted by Gasteiger charge is -2.17. The Morgan fingerprint density at radius 3 is 2.95 bits per heavy atom. The fraction of sp³-hybridized carbons (Fsp3) is 0.600. The number of nitrogens with zero attached hydrogens (tertiary/aromatic N) is 2. The molecule has 1 aliphatic rings. The molecule has 1 unspecified atom stereocenters. The van der Waals surface area contributed by atoms with Gasteiger partial charge < -0.3 is 10.1 Å². The number of aromatic nitrogens is 2.